The molecule has 0 aliphatic carbocycles. The van der Waals surface area contributed by atoms with Crippen molar-refractivity contribution in [3.05, 3.63) is 46.4 Å². The van der Waals surface area contributed by atoms with Crippen molar-refractivity contribution in [2.24, 2.45) is 0 Å². The van der Waals surface area contributed by atoms with Crippen LogP contribution < -0.4 is 4.74 Å². The van der Waals surface area contributed by atoms with Gasteiger partial charge in [0, 0.05) is 28.6 Å². The lowest BCUT2D eigenvalue weighted by atomic mass is 9.95. The maximum Gasteiger partial charge on any atom is 0.129 e. The highest BCUT2D eigenvalue weighted by atomic mass is 32.1. The molecule has 1 N–H and O–H groups in total. The van der Waals surface area contributed by atoms with Crippen LogP contribution in [0.5, 0.6) is 5.75 Å². The summed E-state index contributed by atoms with van der Waals surface area (Å²) in [5.41, 5.74) is 1.08. The van der Waals surface area contributed by atoms with Gasteiger partial charge in [0.1, 0.15) is 5.75 Å². The Balaban J connectivity index is 2.17. The Hall–Kier alpha value is -1.39. The van der Waals surface area contributed by atoms with Crippen molar-refractivity contribution in [2.75, 3.05) is 7.11 Å². The van der Waals surface area contributed by atoms with Crippen LogP contribution >= 0.6 is 11.3 Å². The summed E-state index contributed by atoms with van der Waals surface area (Å²) in [7, 11) is 1.63. The largest absolute Gasteiger partial charge is 0.496 e. The minimum atomic E-state index is -0.508. The van der Waals surface area contributed by atoms with Gasteiger partial charge in [-0.1, -0.05) is 6.92 Å². The number of thiophene rings is 1. The number of hydrogen-bond donors (Lipinski definition) is 1. The van der Waals surface area contributed by atoms with Crippen molar-refractivity contribution >= 4 is 11.3 Å². The quantitative estimate of drug-likeness (QED) is 0.905. The van der Waals surface area contributed by atoms with Crippen LogP contribution in [-0.4, -0.2) is 17.2 Å². The summed E-state index contributed by atoms with van der Waals surface area (Å²) in [6.07, 6.45) is 2.98. The van der Waals surface area contributed by atoms with Crippen LogP contribution in [0.1, 0.15) is 29.4 Å². The normalized spacial score (nSPS) is 14.3. The molecule has 2 rings (SSSR count). The molecule has 2 aromatic heterocycles. The van der Waals surface area contributed by atoms with E-state index in [1.54, 1.807) is 19.5 Å². The number of pyridine rings is 1. The summed E-state index contributed by atoms with van der Waals surface area (Å²) in [6, 6.07) is 5.74. The molecule has 0 aromatic carbocycles. The molecule has 2 atom stereocenters. The Kier molecular flexibility index (Phi) is 3.76. The Morgan fingerprint density at radius 2 is 2.06 bits per heavy atom. The van der Waals surface area contributed by atoms with Gasteiger partial charge in [-0.2, -0.15) is 0 Å². The number of aliphatic hydroxyl groups excluding tert-OH is 1. The maximum absolute atomic E-state index is 10.3. The van der Waals surface area contributed by atoms with E-state index in [0.29, 0.717) is 0 Å². The van der Waals surface area contributed by atoms with Crippen LogP contribution in [-0.2, 0) is 0 Å². The second-order valence-electron chi connectivity index (χ2n) is 3.90. The molecule has 0 saturated carbocycles. The first kappa shape index (κ1) is 12.1. The van der Waals surface area contributed by atoms with E-state index in [2.05, 4.69) is 4.98 Å². The fraction of sp³-hybridized carbons (Fsp3) is 0.308. The highest BCUT2D eigenvalue weighted by Gasteiger charge is 2.19. The van der Waals surface area contributed by atoms with E-state index in [4.69, 9.17) is 4.74 Å². The Morgan fingerprint density at radius 3 is 2.65 bits per heavy atom. The van der Waals surface area contributed by atoms with Crippen LogP contribution in [0, 0.1) is 0 Å². The molecule has 17 heavy (non-hydrogen) atoms. The monoisotopic (exact) mass is 249 g/mol. The molecule has 0 spiro atoms. The Labute approximate surface area is 105 Å². The molecule has 0 bridgehead atoms. The van der Waals surface area contributed by atoms with Crippen LogP contribution in [0.3, 0.4) is 0 Å². The lowest BCUT2D eigenvalue weighted by Gasteiger charge is -2.17. The molecule has 2 heterocycles. The van der Waals surface area contributed by atoms with E-state index in [9.17, 15) is 5.11 Å². The van der Waals surface area contributed by atoms with Gasteiger partial charge in [0.15, 0.2) is 0 Å². The second-order valence-corrected chi connectivity index (χ2v) is 4.85. The zero-order chi connectivity index (χ0) is 12.3. The molecule has 2 unspecified atom stereocenters. The molecule has 4 heteroatoms. The summed E-state index contributed by atoms with van der Waals surface area (Å²) in [6.45, 7) is 2.01. The standard InChI is InChI=1S/C13H15NO2S/c1-9(10-3-5-14-6-4-10)13(15)12-7-11(16-2)8-17-12/h3-9,13,15H,1-2H3. The molecule has 0 radical (unpaired) electrons. The number of methoxy groups -OCH3 is 1. The lowest BCUT2D eigenvalue weighted by Crippen LogP contribution is -2.06. The van der Waals surface area contributed by atoms with Crippen molar-refractivity contribution in [3.63, 3.8) is 0 Å². The number of rotatable bonds is 4. The topological polar surface area (TPSA) is 42.4 Å². The lowest BCUT2D eigenvalue weighted by molar-refractivity contribution is 0.155. The number of nitrogens with zero attached hydrogens (tertiary/aromatic N) is 1. The minimum Gasteiger partial charge on any atom is -0.496 e. The fourth-order valence-corrected chi connectivity index (χ4v) is 2.64. The van der Waals surface area contributed by atoms with Crippen molar-refractivity contribution < 1.29 is 9.84 Å². The van der Waals surface area contributed by atoms with Crippen LogP contribution in [0.2, 0.25) is 0 Å². The molecular weight excluding hydrogens is 234 g/mol. The summed E-state index contributed by atoms with van der Waals surface area (Å²) in [5, 5.41) is 12.2. The predicted octanol–water partition coefficient (Wildman–Crippen LogP) is 2.99. The van der Waals surface area contributed by atoms with Crippen molar-refractivity contribution in [1.82, 2.24) is 4.98 Å². The van der Waals surface area contributed by atoms with Crippen molar-refractivity contribution in [2.45, 2.75) is 18.9 Å². The number of hydrogen-bond acceptors (Lipinski definition) is 4. The van der Waals surface area contributed by atoms with Gasteiger partial charge in [-0.3, -0.25) is 4.98 Å². The van der Waals surface area contributed by atoms with E-state index in [1.807, 2.05) is 30.5 Å². The maximum atomic E-state index is 10.3. The first-order valence-electron chi connectivity index (χ1n) is 5.42. The highest BCUT2D eigenvalue weighted by molar-refractivity contribution is 7.10. The number of aromatic nitrogens is 1. The highest BCUT2D eigenvalue weighted by Crippen LogP contribution is 2.35. The summed E-state index contributed by atoms with van der Waals surface area (Å²) in [4.78, 5) is 4.90. The molecule has 0 aliphatic rings. The SMILES string of the molecule is COc1csc(C(O)C(C)c2ccncc2)c1. The van der Waals surface area contributed by atoms with Gasteiger partial charge in [-0.25, -0.2) is 0 Å². The smallest absolute Gasteiger partial charge is 0.129 e. The van der Waals surface area contributed by atoms with Crippen molar-refractivity contribution in [1.29, 1.82) is 0 Å². The first-order chi connectivity index (χ1) is 8.22. The van der Waals surface area contributed by atoms with E-state index < -0.39 is 6.10 Å². The predicted molar refractivity (Wildman–Crippen MR) is 68.5 cm³/mol. The van der Waals surface area contributed by atoms with E-state index in [0.717, 1.165) is 16.2 Å². The van der Waals surface area contributed by atoms with Crippen LogP contribution in [0.15, 0.2) is 36.0 Å². The van der Waals surface area contributed by atoms with Gasteiger partial charge in [0.2, 0.25) is 0 Å². The van der Waals surface area contributed by atoms with E-state index >= 15 is 0 Å². The minimum absolute atomic E-state index is 0.0429. The third-order valence-electron chi connectivity index (χ3n) is 2.83. The number of ether oxygens (including phenoxy) is 1. The van der Waals surface area contributed by atoms with Gasteiger partial charge < -0.3 is 9.84 Å². The fourth-order valence-electron chi connectivity index (χ4n) is 1.69. The molecule has 0 fully saturated rings. The van der Waals surface area contributed by atoms with E-state index in [1.165, 1.54) is 11.3 Å². The third-order valence-corrected chi connectivity index (χ3v) is 3.81. The van der Waals surface area contributed by atoms with Crippen molar-refractivity contribution in [3.8, 4) is 5.75 Å². The zero-order valence-corrected chi connectivity index (χ0v) is 10.6. The first-order valence-corrected chi connectivity index (χ1v) is 6.30. The Bertz CT molecular complexity index is 469. The van der Waals surface area contributed by atoms with Gasteiger partial charge in [0.25, 0.3) is 0 Å². The van der Waals surface area contributed by atoms with Gasteiger partial charge >= 0.3 is 0 Å². The molecule has 3 nitrogen and oxygen atoms in total. The van der Waals surface area contributed by atoms with Gasteiger partial charge in [-0.15, -0.1) is 11.3 Å². The average molecular weight is 249 g/mol. The van der Waals surface area contributed by atoms with Crippen LogP contribution in [0.4, 0.5) is 0 Å². The molecule has 90 valence electrons. The average Bonchev–Trinajstić information content (AvgIpc) is 2.87. The third kappa shape index (κ3) is 2.65. The number of aliphatic hydroxyl groups is 1. The molecular formula is C13H15NO2S. The molecule has 0 saturated heterocycles. The second kappa shape index (κ2) is 5.29. The van der Waals surface area contributed by atoms with Gasteiger partial charge in [-0.05, 0) is 23.8 Å². The molecule has 0 aliphatic heterocycles. The van der Waals surface area contributed by atoms with Crippen LogP contribution in [0.25, 0.3) is 0 Å². The van der Waals surface area contributed by atoms with E-state index in [-0.39, 0.29) is 5.92 Å². The summed E-state index contributed by atoms with van der Waals surface area (Å²) in [5.74, 6) is 0.840. The Morgan fingerprint density at radius 1 is 1.35 bits per heavy atom. The zero-order valence-electron chi connectivity index (χ0n) is 9.83. The molecule has 0 amide bonds. The van der Waals surface area contributed by atoms with Gasteiger partial charge in [0.05, 0.1) is 13.2 Å². The molecule has 2 aromatic rings. The summed E-state index contributed by atoms with van der Waals surface area (Å²) >= 11 is 1.51. The summed E-state index contributed by atoms with van der Waals surface area (Å²) < 4.78 is 5.12.